The summed E-state index contributed by atoms with van der Waals surface area (Å²) < 4.78 is 0. The highest BCUT2D eigenvalue weighted by molar-refractivity contribution is 5.64. The first kappa shape index (κ1) is 15.6. The van der Waals surface area contributed by atoms with E-state index in [2.05, 4.69) is 29.2 Å². The minimum Gasteiger partial charge on any atom is -0.385 e. The highest BCUT2D eigenvalue weighted by atomic mass is 16.6. The van der Waals surface area contributed by atoms with Gasteiger partial charge in [-0.25, -0.2) is 0 Å². The van der Waals surface area contributed by atoms with Gasteiger partial charge in [0.2, 0.25) is 0 Å². The molecule has 116 valence electrons. The molecule has 6 heteroatoms. The molecule has 1 aliphatic heterocycles. The first-order chi connectivity index (χ1) is 10.0. The highest BCUT2D eigenvalue weighted by Gasteiger charge is 2.22. The monoisotopic (exact) mass is 292 g/mol. The summed E-state index contributed by atoms with van der Waals surface area (Å²) in [5, 5.41) is 14.3. The summed E-state index contributed by atoms with van der Waals surface area (Å²) in [5.41, 5.74) is 1.91. The molecule has 1 heterocycles. The Morgan fingerprint density at radius 2 is 2.00 bits per heavy atom. The second-order valence-corrected chi connectivity index (χ2v) is 5.71. The molecule has 0 bridgehead atoms. The van der Waals surface area contributed by atoms with Gasteiger partial charge < -0.3 is 15.1 Å². The molecule has 1 aliphatic rings. The molecule has 6 nitrogen and oxygen atoms in total. The van der Waals surface area contributed by atoms with Crippen LogP contribution in [0.5, 0.6) is 0 Å². The number of nitro groups is 1. The Balaban J connectivity index is 2.17. The van der Waals surface area contributed by atoms with E-state index in [-0.39, 0.29) is 10.6 Å². The van der Waals surface area contributed by atoms with E-state index < -0.39 is 0 Å². The summed E-state index contributed by atoms with van der Waals surface area (Å²) in [7, 11) is 4.22. The predicted octanol–water partition coefficient (Wildman–Crippen LogP) is 2.56. The second-order valence-electron chi connectivity index (χ2n) is 5.71. The van der Waals surface area contributed by atoms with E-state index in [1.54, 1.807) is 12.1 Å². The van der Waals surface area contributed by atoms with Crippen LogP contribution < -0.4 is 10.2 Å². The van der Waals surface area contributed by atoms with Gasteiger partial charge in [0.1, 0.15) is 0 Å². The molecule has 0 atom stereocenters. The van der Waals surface area contributed by atoms with Crippen LogP contribution in [0, 0.1) is 10.1 Å². The molecule has 1 fully saturated rings. The number of nitro benzene ring substituents is 1. The Labute approximate surface area is 125 Å². The van der Waals surface area contributed by atoms with E-state index in [0.717, 1.165) is 43.9 Å². The van der Waals surface area contributed by atoms with Gasteiger partial charge in [0, 0.05) is 49.2 Å². The smallest absolute Gasteiger partial charge is 0.273 e. The normalized spacial score (nSPS) is 16.3. The fourth-order valence-electron chi connectivity index (χ4n) is 2.83. The van der Waals surface area contributed by atoms with Crippen LogP contribution in [0.1, 0.15) is 19.8 Å². The van der Waals surface area contributed by atoms with Crippen LogP contribution >= 0.6 is 0 Å². The molecular formula is C15H24N4O2. The lowest BCUT2D eigenvalue weighted by molar-refractivity contribution is -0.384. The maximum atomic E-state index is 11.1. The number of benzene rings is 1. The summed E-state index contributed by atoms with van der Waals surface area (Å²) in [6, 6.07) is 5.89. The molecule has 1 saturated heterocycles. The van der Waals surface area contributed by atoms with Crippen LogP contribution in [0.3, 0.4) is 0 Å². The van der Waals surface area contributed by atoms with Crippen LogP contribution in [-0.4, -0.2) is 49.6 Å². The van der Waals surface area contributed by atoms with E-state index in [1.807, 2.05) is 13.0 Å². The number of piperidine rings is 1. The number of hydrogen-bond donors (Lipinski definition) is 1. The predicted molar refractivity (Wildman–Crippen MR) is 86.2 cm³/mol. The minimum absolute atomic E-state index is 0.151. The van der Waals surface area contributed by atoms with Crippen molar-refractivity contribution in [2.45, 2.75) is 25.8 Å². The third-order valence-electron chi connectivity index (χ3n) is 4.05. The number of non-ortho nitro benzene ring substituents is 1. The van der Waals surface area contributed by atoms with Crippen molar-refractivity contribution < 1.29 is 4.92 Å². The third-order valence-corrected chi connectivity index (χ3v) is 4.05. The second kappa shape index (κ2) is 6.76. The zero-order valence-corrected chi connectivity index (χ0v) is 13.0. The molecule has 21 heavy (non-hydrogen) atoms. The largest absolute Gasteiger partial charge is 0.385 e. The zero-order valence-electron chi connectivity index (χ0n) is 13.0. The van der Waals surface area contributed by atoms with Crippen molar-refractivity contribution in [3.63, 3.8) is 0 Å². The summed E-state index contributed by atoms with van der Waals surface area (Å²) in [6.45, 7) is 4.62. The van der Waals surface area contributed by atoms with Crippen molar-refractivity contribution in [2.24, 2.45) is 0 Å². The Morgan fingerprint density at radius 3 is 2.52 bits per heavy atom. The van der Waals surface area contributed by atoms with Gasteiger partial charge in [0.05, 0.1) is 4.92 Å². The van der Waals surface area contributed by atoms with Gasteiger partial charge in [-0.05, 0) is 39.9 Å². The topological polar surface area (TPSA) is 61.6 Å². The first-order valence-electron chi connectivity index (χ1n) is 7.46. The molecule has 1 aromatic carbocycles. The van der Waals surface area contributed by atoms with E-state index in [9.17, 15) is 10.1 Å². The SMILES string of the molecule is CCNc1cc(N2CCC(N(C)C)CC2)cc([N+](=O)[O-])c1. The average molecular weight is 292 g/mol. The Morgan fingerprint density at radius 1 is 1.33 bits per heavy atom. The molecule has 0 radical (unpaired) electrons. The Hall–Kier alpha value is -1.82. The molecule has 2 rings (SSSR count). The van der Waals surface area contributed by atoms with E-state index in [1.165, 1.54) is 0 Å². The fraction of sp³-hybridized carbons (Fsp3) is 0.600. The van der Waals surface area contributed by atoms with Gasteiger partial charge in [-0.2, -0.15) is 0 Å². The lowest BCUT2D eigenvalue weighted by atomic mass is 10.0. The molecule has 1 N–H and O–H groups in total. The lowest BCUT2D eigenvalue weighted by Gasteiger charge is -2.36. The van der Waals surface area contributed by atoms with Gasteiger partial charge in [-0.3, -0.25) is 10.1 Å². The first-order valence-corrected chi connectivity index (χ1v) is 7.46. The van der Waals surface area contributed by atoms with E-state index >= 15 is 0 Å². The van der Waals surface area contributed by atoms with Crippen molar-refractivity contribution >= 4 is 17.1 Å². The standard InChI is InChI=1S/C15H24N4O2/c1-4-16-12-9-14(11-15(10-12)19(20)21)18-7-5-13(6-8-18)17(2)3/h9-11,13,16H,4-8H2,1-3H3. The van der Waals surface area contributed by atoms with Gasteiger partial charge in [-0.1, -0.05) is 0 Å². The van der Waals surface area contributed by atoms with Crippen molar-refractivity contribution in [2.75, 3.05) is 43.9 Å². The highest BCUT2D eigenvalue weighted by Crippen LogP contribution is 2.29. The summed E-state index contributed by atoms with van der Waals surface area (Å²) in [4.78, 5) is 15.3. The van der Waals surface area contributed by atoms with Gasteiger partial charge in [-0.15, -0.1) is 0 Å². The van der Waals surface area contributed by atoms with Gasteiger partial charge in [0.25, 0.3) is 5.69 Å². The zero-order chi connectivity index (χ0) is 15.4. The van der Waals surface area contributed by atoms with Crippen molar-refractivity contribution in [3.8, 4) is 0 Å². The minimum atomic E-state index is -0.323. The van der Waals surface area contributed by atoms with Crippen LogP contribution in [0.2, 0.25) is 0 Å². The van der Waals surface area contributed by atoms with Crippen molar-refractivity contribution in [1.82, 2.24) is 4.90 Å². The summed E-state index contributed by atoms with van der Waals surface area (Å²) in [5.74, 6) is 0. The lowest BCUT2D eigenvalue weighted by Crippen LogP contribution is -2.42. The third kappa shape index (κ3) is 3.85. The Kier molecular flexibility index (Phi) is 5.01. The van der Waals surface area contributed by atoms with Crippen LogP contribution in [0.15, 0.2) is 18.2 Å². The summed E-state index contributed by atoms with van der Waals surface area (Å²) in [6.07, 6.45) is 2.18. The fourth-order valence-corrected chi connectivity index (χ4v) is 2.83. The maximum absolute atomic E-state index is 11.1. The molecule has 0 spiro atoms. The average Bonchev–Trinajstić information content (AvgIpc) is 2.47. The molecule has 0 aliphatic carbocycles. The van der Waals surface area contributed by atoms with Crippen LogP contribution in [-0.2, 0) is 0 Å². The maximum Gasteiger partial charge on any atom is 0.273 e. The van der Waals surface area contributed by atoms with Crippen molar-refractivity contribution in [1.29, 1.82) is 0 Å². The summed E-state index contributed by atoms with van der Waals surface area (Å²) >= 11 is 0. The van der Waals surface area contributed by atoms with Gasteiger partial charge >= 0.3 is 0 Å². The molecule has 0 unspecified atom stereocenters. The quantitative estimate of drug-likeness (QED) is 0.667. The van der Waals surface area contributed by atoms with Gasteiger partial charge in [0.15, 0.2) is 0 Å². The van der Waals surface area contributed by atoms with Crippen molar-refractivity contribution in [3.05, 3.63) is 28.3 Å². The number of rotatable bonds is 5. The van der Waals surface area contributed by atoms with Crippen LogP contribution in [0.4, 0.5) is 17.1 Å². The van der Waals surface area contributed by atoms with Crippen LogP contribution in [0.25, 0.3) is 0 Å². The molecular weight excluding hydrogens is 268 g/mol. The molecule has 0 saturated carbocycles. The Bertz CT molecular complexity index is 496. The number of anilines is 2. The molecule has 0 aromatic heterocycles. The molecule has 0 amide bonds. The van der Waals surface area contributed by atoms with E-state index in [0.29, 0.717) is 6.04 Å². The number of nitrogens with one attached hydrogen (secondary N) is 1. The number of nitrogens with zero attached hydrogens (tertiary/aromatic N) is 3. The molecule has 1 aromatic rings. The van der Waals surface area contributed by atoms with E-state index in [4.69, 9.17) is 0 Å². The number of hydrogen-bond acceptors (Lipinski definition) is 5.